The van der Waals surface area contributed by atoms with Crippen LogP contribution in [0.3, 0.4) is 0 Å². The second-order valence-electron chi connectivity index (χ2n) is 3.02. The molecule has 3 N–H and O–H groups in total. The first kappa shape index (κ1) is 8.33. The number of nitrogens with two attached hydrogens (primary N) is 1. The highest BCUT2D eigenvalue weighted by Crippen LogP contribution is 2.17. The Kier molecular flexibility index (Phi) is 2.34. The topological polar surface area (TPSA) is 66.6 Å². The molecular formula is C7H14N2O2. The number of amides is 1. The summed E-state index contributed by atoms with van der Waals surface area (Å²) in [5.74, 6) is 0.353. The number of hydrogen-bond donors (Lipinski definition) is 2. The van der Waals surface area contributed by atoms with E-state index in [0.717, 1.165) is 6.42 Å². The number of rotatable bonds is 1. The molecule has 0 radical (unpaired) electrons. The first-order valence-corrected chi connectivity index (χ1v) is 3.88. The largest absolute Gasteiger partial charge is 0.465 e. The van der Waals surface area contributed by atoms with Crippen LogP contribution in [-0.4, -0.2) is 35.2 Å². The molecule has 4 nitrogen and oxygen atoms in total. The third kappa shape index (κ3) is 1.63. The summed E-state index contributed by atoms with van der Waals surface area (Å²) < 4.78 is 0. The third-order valence-corrected chi connectivity index (χ3v) is 2.29. The number of carbonyl (C=O) groups is 1. The molecule has 2 atom stereocenters. The maximum Gasteiger partial charge on any atom is 0.407 e. The van der Waals surface area contributed by atoms with E-state index in [1.807, 2.05) is 6.92 Å². The molecule has 0 spiro atoms. The van der Waals surface area contributed by atoms with Crippen molar-refractivity contribution in [3.8, 4) is 0 Å². The van der Waals surface area contributed by atoms with Gasteiger partial charge in [-0.1, -0.05) is 13.3 Å². The summed E-state index contributed by atoms with van der Waals surface area (Å²) in [5, 5.41) is 8.61. The van der Waals surface area contributed by atoms with Gasteiger partial charge in [0.1, 0.15) is 0 Å². The van der Waals surface area contributed by atoms with Crippen molar-refractivity contribution in [2.24, 2.45) is 11.7 Å². The Balaban J connectivity index is 2.49. The van der Waals surface area contributed by atoms with Crippen molar-refractivity contribution in [1.29, 1.82) is 0 Å². The van der Waals surface area contributed by atoms with E-state index in [1.165, 1.54) is 4.90 Å². The molecule has 1 saturated heterocycles. The Morgan fingerprint density at radius 1 is 1.73 bits per heavy atom. The highest BCUT2D eigenvalue weighted by Gasteiger charge is 2.31. The van der Waals surface area contributed by atoms with Crippen LogP contribution in [0.1, 0.15) is 13.3 Å². The molecule has 0 bridgehead atoms. The van der Waals surface area contributed by atoms with Gasteiger partial charge in [0.15, 0.2) is 0 Å². The van der Waals surface area contributed by atoms with Gasteiger partial charge in [-0.2, -0.15) is 0 Å². The summed E-state index contributed by atoms with van der Waals surface area (Å²) in [7, 11) is 0. The lowest BCUT2D eigenvalue weighted by Gasteiger charge is -2.09. The molecule has 0 unspecified atom stereocenters. The van der Waals surface area contributed by atoms with Gasteiger partial charge < -0.3 is 15.7 Å². The quantitative estimate of drug-likeness (QED) is 0.578. The molecule has 0 aromatic carbocycles. The molecule has 1 fully saturated rings. The maximum absolute atomic E-state index is 10.5. The highest BCUT2D eigenvalue weighted by atomic mass is 16.4. The zero-order chi connectivity index (χ0) is 8.43. The van der Waals surface area contributed by atoms with Crippen LogP contribution in [0.4, 0.5) is 4.79 Å². The van der Waals surface area contributed by atoms with Gasteiger partial charge in [-0.25, -0.2) is 4.79 Å². The summed E-state index contributed by atoms with van der Waals surface area (Å²) in [6, 6.07) is 0.0381. The Morgan fingerprint density at radius 3 is 2.64 bits per heavy atom. The molecule has 11 heavy (non-hydrogen) atoms. The average Bonchev–Trinajstić information content (AvgIpc) is 2.31. The minimum atomic E-state index is -0.851. The normalized spacial score (nSPS) is 30.9. The van der Waals surface area contributed by atoms with Gasteiger partial charge >= 0.3 is 6.09 Å². The van der Waals surface area contributed by atoms with E-state index >= 15 is 0 Å². The predicted octanol–water partition coefficient (Wildman–Crippen LogP) is 0.334. The van der Waals surface area contributed by atoms with E-state index in [1.54, 1.807) is 0 Å². The Morgan fingerprint density at radius 2 is 2.36 bits per heavy atom. The van der Waals surface area contributed by atoms with Crippen LogP contribution < -0.4 is 5.73 Å². The fourth-order valence-corrected chi connectivity index (χ4v) is 1.48. The molecule has 1 amide bonds. The van der Waals surface area contributed by atoms with Crippen molar-refractivity contribution in [3.05, 3.63) is 0 Å². The minimum Gasteiger partial charge on any atom is -0.465 e. The zero-order valence-electron chi connectivity index (χ0n) is 6.66. The third-order valence-electron chi connectivity index (χ3n) is 2.29. The first-order valence-electron chi connectivity index (χ1n) is 3.88. The van der Waals surface area contributed by atoms with E-state index in [9.17, 15) is 4.79 Å². The summed E-state index contributed by atoms with van der Waals surface area (Å²) in [6.45, 7) is 3.14. The number of hydrogen-bond acceptors (Lipinski definition) is 2. The van der Waals surface area contributed by atoms with Gasteiger partial charge in [-0.15, -0.1) is 0 Å². The first-order chi connectivity index (χ1) is 5.15. The van der Waals surface area contributed by atoms with Gasteiger partial charge in [0.25, 0.3) is 0 Å². The van der Waals surface area contributed by atoms with Crippen LogP contribution >= 0.6 is 0 Å². The Hall–Kier alpha value is -0.770. The zero-order valence-corrected chi connectivity index (χ0v) is 6.66. The molecule has 1 aliphatic heterocycles. The summed E-state index contributed by atoms with van der Waals surface area (Å²) >= 11 is 0. The second-order valence-corrected chi connectivity index (χ2v) is 3.02. The SMILES string of the molecule is CC[C@@H]1CN(C(=O)O)C[C@@H]1N. The molecule has 0 aromatic rings. The van der Waals surface area contributed by atoms with Crippen LogP contribution in [0.5, 0.6) is 0 Å². The van der Waals surface area contributed by atoms with Crippen LogP contribution in [0.25, 0.3) is 0 Å². The van der Waals surface area contributed by atoms with E-state index in [-0.39, 0.29) is 6.04 Å². The van der Waals surface area contributed by atoms with E-state index in [0.29, 0.717) is 19.0 Å². The standard InChI is InChI=1S/C7H14N2O2/c1-2-5-3-9(7(10)11)4-6(5)8/h5-6H,2-4,8H2,1H3,(H,10,11)/t5-,6+/m1/s1. The van der Waals surface area contributed by atoms with Crippen LogP contribution in [-0.2, 0) is 0 Å². The van der Waals surface area contributed by atoms with Gasteiger partial charge in [0.05, 0.1) is 0 Å². The molecule has 1 heterocycles. The Labute approximate surface area is 66.0 Å². The molecule has 0 aliphatic carbocycles. The van der Waals surface area contributed by atoms with E-state index in [2.05, 4.69) is 0 Å². The van der Waals surface area contributed by atoms with Crippen molar-refractivity contribution < 1.29 is 9.90 Å². The summed E-state index contributed by atoms with van der Waals surface area (Å²) in [4.78, 5) is 11.9. The van der Waals surface area contributed by atoms with Crippen molar-refractivity contribution >= 4 is 6.09 Å². The monoisotopic (exact) mass is 158 g/mol. The molecule has 0 aromatic heterocycles. The van der Waals surface area contributed by atoms with Crippen LogP contribution in [0.2, 0.25) is 0 Å². The molecule has 0 saturated carbocycles. The highest BCUT2D eigenvalue weighted by molar-refractivity contribution is 5.65. The van der Waals surface area contributed by atoms with Gasteiger partial charge in [0.2, 0.25) is 0 Å². The van der Waals surface area contributed by atoms with Gasteiger partial charge in [0, 0.05) is 19.1 Å². The van der Waals surface area contributed by atoms with Gasteiger partial charge in [-0.3, -0.25) is 0 Å². The molecule has 1 aliphatic rings. The molecule has 1 rings (SSSR count). The summed E-state index contributed by atoms with van der Waals surface area (Å²) in [5.41, 5.74) is 5.71. The maximum atomic E-state index is 10.5. The minimum absolute atomic E-state index is 0.0381. The van der Waals surface area contributed by atoms with Crippen molar-refractivity contribution in [1.82, 2.24) is 4.90 Å². The van der Waals surface area contributed by atoms with Gasteiger partial charge in [-0.05, 0) is 5.92 Å². The average molecular weight is 158 g/mol. The van der Waals surface area contributed by atoms with Crippen molar-refractivity contribution in [2.75, 3.05) is 13.1 Å². The lowest BCUT2D eigenvalue weighted by molar-refractivity contribution is 0.153. The van der Waals surface area contributed by atoms with Crippen LogP contribution in [0, 0.1) is 5.92 Å². The van der Waals surface area contributed by atoms with Crippen LogP contribution in [0.15, 0.2) is 0 Å². The smallest absolute Gasteiger partial charge is 0.407 e. The van der Waals surface area contributed by atoms with Crippen molar-refractivity contribution in [2.45, 2.75) is 19.4 Å². The van der Waals surface area contributed by atoms with E-state index < -0.39 is 6.09 Å². The second kappa shape index (κ2) is 3.09. The van der Waals surface area contributed by atoms with Crippen molar-refractivity contribution in [3.63, 3.8) is 0 Å². The number of carboxylic acid groups (broad SMARTS) is 1. The molecule has 4 heteroatoms. The number of likely N-dealkylation sites (tertiary alicyclic amines) is 1. The lowest BCUT2D eigenvalue weighted by atomic mass is 10.0. The molecule has 64 valence electrons. The fraction of sp³-hybridized carbons (Fsp3) is 0.857. The lowest BCUT2D eigenvalue weighted by Crippen LogP contribution is -2.31. The number of nitrogens with zero attached hydrogens (tertiary/aromatic N) is 1. The summed E-state index contributed by atoms with van der Waals surface area (Å²) in [6.07, 6.45) is 0.113. The molecular weight excluding hydrogens is 144 g/mol. The fourth-order valence-electron chi connectivity index (χ4n) is 1.48. The van der Waals surface area contributed by atoms with E-state index in [4.69, 9.17) is 10.8 Å². The Bertz CT molecular complexity index is 161. The predicted molar refractivity (Wildman–Crippen MR) is 41.4 cm³/mol.